The highest BCUT2D eigenvalue weighted by atomic mass is 15.3. The molecule has 0 radical (unpaired) electrons. The molecule has 76 valence electrons. The second-order valence-electron chi connectivity index (χ2n) is 3.54. The van der Waals surface area contributed by atoms with Crippen molar-refractivity contribution < 1.29 is 0 Å². The van der Waals surface area contributed by atoms with Crippen LogP contribution in [-0.2, 0) is 7.05 Å². The molecule has 0 amide bonds. The van der Waals surface area contributed by atoms with Crippen molar-refractivity contribution in [2.24, 2.45) is 12.8 Å². The van der Waals surface area contributed by atoms with E-state index >= 15 is 0 Å². The van der Waals surface area contributed by atoms with E-state index < -0.39 is 0 Å². The number of nitrogens with one attached hydrogen (secondary N) is 1. The molecule has 0 saturated carbocycles. The molecule has 2 heterocycles. The fourth-order valence-corrected chi connectivity index (χ4v) is 1.92. The van der Waals surface area contributed by atoms with E-state index in [0.29, 0.717) is 0 Å². The van der Waals surface area contributed by atoms with Crippen LogP contribution in [0.25, 0.3) is 0 Å². The predicted molar refractivity (Wildman–Crippen MR) is 51.6 cm³/mol. The van der Waals surface area contributed by atoms with Gasteiger partial charge in [0, 0.05) is 13.6 Å². The Morgan fingerprint density at radius 1 is 1.71 bits per heavy atom. The number of likely N-dealkylation sites (tertiary alicyclic amines) is 1. The molecule has 1 saturated heterocycles. The van der Waals surface area contributed by atoms with Crippen LogP contribution >= 0.6 is 0 Å². The molecule has 0 bridgehead atoms. The van der Waals surface area contributed by atoms with Gasteiger partial charge in [-0.1, -0.05) is 0 Å². The molecule has 1 aromatic heterocycles. The molecule has 1 fully saturated rings. The molecule has 1 aliphatic heterocycles. The smallest absolute Gasteiger partial charge is 0.189 e. The second kappa shape index (κ2) is 3.28. The summed E-state index contributed by atoms with van der Waals surface area (Å²) in [4.78, 5) is 1.87. The molecule has 6 nitrogen and oxygen atoms in total. The van der Waals surface area contributed by atoms with Crippen molar-refractivity contribution in [3.63, 3.8) is 0 Å². The van der Waals surface area contributed by atoms with Gasteiger partial charge in [0.2, 0.25) is 0 Å². The lowest BCUT2D eigenvalue weighted by Crippen LogP contribution is -2.36. The molecule has 6 heteroatoms. The molecule has 1 aliphatic rings. The summed E-state index contributed by atoms with van der Waals surface area (Å²) in [5.41, 5.74) is 5.50. The van der Waals surface area contributed by atoms with Crippen molar-refractivity contribution in [1.29, 1.82) is 5.41 Å². The lowest BCUT2D eigenvalue weighted by Gasteiger charge is -2.23. The standard InChI is InChI=1S/C8H14N6/c1-13-5-11-12-7(13)6-3-2-4-14(6)8(9)10/h5-6H,2-4H2,1H3,(H3,9,10). The minimum absolute atomic E-state index is 0.121. The van der Waals surface area contributed by atoms with E-state index in [0.717, 1.165) is 25.2 Å². The maximum absolute atomic E-state index is 7.44. The van der Waals surface area contributed by atoms with Gasteiger partial charge < -0.3 is 15.2 Å². The number of hydrogen-bond acceptors (Lipinski definition) is 3. The first-order valence-electron chi connectivity index (χ1n) is 4.64. The zero-order chi connectivity index (χ0) is 10.1. The van der Waals surface area contributed by atoms with E-state index in [2.05, 4.69) is 10.2 Å². The summed E-state index contributed by atoms with van der Waals surface area (Å²) in [6.45, 7) is 0.840. The third kappa shape index (κ3) is 1.32. The molecule has 1 unspecified atom stereocenters. The van der Waals surface area contributed by atoms with E-state index in [4.69, 9.17) is 11.1 Å². The van der Waals surface area contributed by atoms with Gasteiger partial charge in [-0.3, -0.25) is 5.41 Å². The first kappa shape index (κ1) is 8.98. The van der Waals surface area contributed by atoms with Gasteiger partial charge in [0.15, 0.2) is 11.8 Å². The highest BCUT2D eigenvalue weighted by Crippen LogP contribution is 2.29. The van der Waals surface area contributed by atoms with Gasteiger partial charge in [-0.25, -0.2) is 0 Å². The Hall–Kier alpha value is -1.59. The van der Waals surface area contributed by atoms with Crippen molar-refractivity contribution >= 4 is 5.96 Å². The van der Waals surface area contributed by atoms with Crippen LogP contribution in [0.3, 0.4) is 0 Å². The highest BCUT2D eigenvalue weighted by Gasteiger charge is 2.29. The molecule has 14 heavy (non-hydrogen) atoms. The number of aryl methyl sites for hydroxylation is 1. The Labute approximate surface area is 82.2 Å². The van der Waals surface area contributed by atoms with Crippen LogP contribution in [0.1, 0.15) is 24.7 Å². The average molecular weight is 194 g/mol. The molecule has 3 N–H and O–H groups in total. The van der Waals surface area contributed by atoms with E-state index in [-0.39, 0.29) is 12.0 Å². The number of aromatic nitrogens is 3. The van der Waals surface area contributed by atoms with Gasteiger partial charge in [0.25, 0.3) is 0 Å². The normalized spacial score (nSPS) is 21.5. The summed E-state index contributed by atoms with van der Waals surface area (Å²) in [6, 6.07) is 0.125. The maximum atomic E-state index is 7.44. The fourth-order valence-electron chi connectivity index (χ4n) is 1.92. The lowest BCUT2D eigenvalue weighted by atomic mass is 10.2. The summed E-state index contributed by atoms with van der Waals surface area (Å²) in [5, 5.41) is 15.3. The Morgan fingerprint density at radius 2 is 2.50 bits per heavy atom. The van der Waals surface area contributed by atoms with Gasteiger partial charge in [-0.2, -0.15) is 0 Å². The van der Waals surface area contributed by atoms with Crippen molar-refractivity contribution in [1.82, 2.24) is 19.7 Å². The highest BCUT2D eigenvalue weighted by molar-refractivity contribution is 5.75. The minimum Gasteiger partial charge on any atom is -0.370 e. The van der Waals surface area contributed by atoms with E-state index in [1.807, 2.05) is 16.5 Å². The zero-order valence-electron chi connectivity index (χ0n) is 8.14. The van der Waals surface area contributed by atoms with E-state index in [1.54, 1.807) is 6.33 Å². The number of hydrogen-bond donors (Lipinski definition) is 2. The van der Waals surface area contributed by atoms with Crippen LogP contribution < -0.4 is 5.73 Å². The quantitative estimate of drug-likeness (QED) is 0.481. The van der Waals surface area contributed by atoms with Gasteiger partial charge >= 0.3 is 0 Å². The Morgan fingerprint density at radius 3 is 3.07 bits per heavy atom. The van der Waals surface area contributed by atoms with Crippen LogP contribution in [0.4, 0.5) is 0 Å². The fraction of sp³-hybridized carbons (Fsp3) is 0.625. The van der Waals surface area contributed by atoms with Crippen molar-refractivity contribution in [2.75, 3.05) is 6.54 Å². The summed E-state index contributed by atoms with van der Waals surface area (Å²) in [7, 11) is 1.91. The molecule has 0 aromatic carbocycles. The minimum atomic E-state index is 0.121. The number of nitrogens with two attached hydrogens (primary N) is 1. The number of nitrogens with zero attached hydrogens (tertiary/aromatic N) is 4. The average Bonchev–Trinajstić information content (AvgIpc) is 2.70. The molecule has 2 rings (SSSR count). The Balaban J connectivity index is 2.26. The van der Waals surface area contributed by atoms with Gasteiger partial charge in [-0.15, -0.1) is 10.2 Å². The first-order chi connectivity index (χ1) is 6.70. The van der Waals surface area contributed by atoms with Gasteiger partial charge in [0.1, 0.15) is 6.33 Å². The monoisotopic (exact) mass is 194 g/mol. The van der Waals surface area contributed by atoms with Crippen LogP contribution in [0.15, 0.2) is 6.33 Å². The molecule has 1 atom stereocenters. The Kier molecular flexibility index (Phi) is 2.11. The molecule has 0 spiro atoms. The molecule has 1 aromatic rings. The molecular weight excluding hydrogens is 180 g/mol. The molecule has 0 aliphatic carbocycles. The summed E-state index contributed by atoms with van der Waals surface area (Å²) in [5.74, 6) is 1.01. The summed E-state index contributed by atoms with van der Waals surface area (Å²) < 4.78 is 1.88. The van der Waals surface area contributed by atoms with Crippen LogP contribution in [0.2, 0.25) is 0 Å². The van der Waals surface area contributed by atoms with Crippen LogP contribution in [-0.4, -0.2) is 32.2 Å². The molecular formula is C8H14N6. The van der Waals surface area contributed by atoms with Gasteiger partial charge in [0.05, 0.1) is 6.04 Å². The van der Waals surface area contributed by atoms with E-state index in [1.165, 1.54) is 0 Å². The second-order valence-corrected chi connectivity index (χ2v) is 3.54. The third-order valence-electron chi connectivity index (χ3n) is 2.61. The van der Waals surface area contributed by atoms with Gasteiger partial charge in [-0.05, 0) is 12.8 Å². The van der Waals surface area contributed by atoms with Crippen LogP contribution in [0.5, 0.6) is 0 Å². The largest absolute Gasteiger partial charge is 0.370 e. The maximum Gasteiger partial charge on any atom is 0.189 e. The first-order valence-corrected chi connectivity index (χ1v) is 4.64. The summed E-state index contributed by atoms with van der Waals surface area (Å²) in [6.07, 6.45) is 3.72. The predicted octanol–water partition coefficient (Wildman–Crippen LogP) is -0.155. The van der Waals surface area contributed by atoms with Crippen molar-refractivity contribution in [2.45, 2.75) is 18.9 Å². The van der Waals surface area contributed by atoms with Crippen molar-refractivity contribution in [3.05, 3.63) is 12.2 Å². The topological polar surface area (TPSA) is 83.8 Å². The SMILES string of the molecule is Cn1cnnc1C1CCCN1C(=N)N. The third-order valence-corrected chi connectivity index (χ3v) is 2.61. The zero-order valence-corrected chi connectivity index (χ0v) is 8.14. The van der Waals surface area contributed by atoms with E-state index in [9.17, 15) is 0 Å². The van der Waals surface area contributed by atoms with Crippen molar-refractivity contribution in [3.8, 4) is 0 Å². The lowest BCUT2D eigenvalue weighted by molar-refractivity contribution is 0.370. The number of rotatable bonds is 1. The Bertz CT molecular complexity index is 343. The summed E-state index contributed by atoms with van der Waals surface area (Å²) >= 11 is 0. The number of guanidine groups is 1. The van der Waals surface area contributed by atoms with Crippen LogP contribution in [0, 0.1) is 5.41 Å².